The lowest BCUT2D eigenvalue weighted by molar-refractivity contribution is 0.455. The second-order valence-electron chi connectivity index (χ2n) is 4.11. The summed E-state index contributed by atoms with van der Waals surface area (Å²) in [5.41, 5.74) is 2.07. The molecule has 2 aromatic rings. The Labute approximate surface area is 115 Å². The van der Waals surface area contributed by atoms with E-state index in [1.165, 1.54) is 0 Å². The van der Waals surface area contributed by atoms with Crippen molar-refractivity contribution in [3.8, 4) is 11.6 Å². The molecule has 0 radical (unpaired) electrons. The monoisotopic (exact) mass is 306 g/mol. The first-order valence-electron chi connectivity index (χ1n) is 5.87. The number of halogens is 1. The molecule has 0 unspecified atom stereocenters. The van der Waals surface area contributed by atoms with Crippen LogP contribution in [0.5, 0.6) is 11.6 Å². The molecule has 0 aliphatic heterocycles. The minimum Gasteiger partial charge on any atom is -0.439 e. The Morgan fingerprint density at radius 1 is 1.17 bits per heavy atom. The minimum atomic E-state index is 0.598. The van der Waals surface area contributed by atoms with Gasteiger partial charge in [-0.05, 0) is 38.0 Å². The van der Waals surface area contributed by atoms with Crippen LogP contribution < -0.4 is 4.74 Å². The molecule has 1 heterocycles. The first-order chi connectivity index (χ1) is 8.58. The van der Waals surface area contributed by atoms with Crippen LogP contribution in [0, 0.1) is 13.8 Å². The highest BCUT2D eigenvalue weighted by atomic mass is 79.9. The summed E-state index contributed by atoms with van der Waals surface area (Å²) < 4.78 is 6.82. The second kappa shape index (κ2) is 5.48. The van der Waals surface area contributed by atoms with E-state index in [1.807, 2.05) is 38.1 Å². The van der Waals surface area contributed by atoms with Gasteiger partial charge in [-0.1, -0.05) is 28.9 Å². The van der Waals surface area contributed by atoms with E-state index in [1.54, 1.807) is 0 Å². The fraction of sp³-hybridized carbons (Fsp3) is 0.286. The molecule has 1 aromatic carbocycles. The third-order valence-corrected chi connectivity index (χ3v) is 3.09. The fourth-order valence-electron chi connectivity index (χ4n) is 1.63. The van der Waals surface area contributed by atoms with Crippen LogP contribution >= 0.6 is 15.9 Å². The zero-order valence-electron chi connectivity index (χ0n) is 10.7. The smallest absolute Gasteiger partial charge is 0.222 e. The molecule has 0 amide bonds. The molecule has 0 bridgehead atoms. The summed E-state index contributed by atoms with van der Waals surface area (Å²) in [6.45, 7) is 5.95. The van der Waals surface area contributed by atoms with Crippen LogP contribution in [0.2, 0.25) is 0 Å². The highest BCUT2D eigenvalue weighted by Gasteiger charge is 2.06. The molecule has 0 aliphatic rings. The molecule has 0 saturated carbocycles. The Hall–Kier alpha value is -1.42. The molecule has 0 fully saturated rings. The Morgan fingerprint density at radius 3 is 2.67 bits per heavy atom. The van der Waals surface area contributed by atoms with E-state index < -0.39 is 0 Å². The van der Waals surface area contributed by atoms with E-state index in [2.05, 4.69) is 32.8 Å². The van der Waals surface area contributed by atoms with Crippen LogP contribution in [-0.2, 0) is 6.42 Å². The SMILES string of the molecule is CCc1cc(Oc2cc(Br)ccc2C)nc(C)n1. The Morgan fingerprint density at radius 2 is 1.94 bits per heavy atom. The maximum Gasteiger partial charge on any atom is 0.222 e. The Bertz CT molecular complexity index is 570. The molecule has 3 nitrogen and oxygen atoms in total. The standard InChI is InChI=1S/C14H15BrN2O/c1-4-12-8-14(17-10(3)16-12)18-13-7-11(15)6-5-9(13)2/h5-8H,4H2,1-3H3. The molecule has 94 valence electrons. The van der Waals surface area contributed by atoms with Crippen molar-refractivity contribution in [1.82, 2.24) is 9.97 Å². The molecule has 0 aliphatic carbocycles. The predicted molar refractivity (Wildman–Crippen MR) is 75.1 cm³/mol. The molecule has 0 N–H and O–H groups in total. The fourth-order valence-corrected chi connectivity index (χ4v) is 1.97. The molecular weight excluding hydrogens is 292 g/mol. The van der Waals surface area contributed by atoms with Crippen molar-refractivity contribution in [2.45, 2.75) is 27.2 Å². The van der Waals surface area contributed by atoms with E-state index in [9.17, 15) is 0 Å². The zero-order chi connectivity index (χ0) is 13.1. The number of rotatable bonds is 3. The van der Waals surface area contributed by atoms with Crippen LogP contribution in [0.1, 0.15) is 24.0 Å². The van der Waals surface area contributed by atoms with Crippen LogP contribution in [0.25, 0.3) is 0 Å². The summed E-state index contributed by atoms with van der Waals surface area (Å²) in [6.07, 6.45) is 0.872. The van der Waals surface area contributed by atoms with Gasteiger partial charge in [0, 0.05) is 16.2 Å². The quantitative estimate of drug-likeness (QED) is 0.852. The van der Waals surface area contributed by atoms with Crippen molar-refractivity contribution >= 4 is 15.9 Å². The molecule has 0 atom stereocenters. The topological polar surface area (TPSA) is 35.0 Å². The molecule has 2 rings (SSSR count). The predicted octanol–water partition coefficient (Wildman–Crippen LogP) is 4.21. The third kappa shape index (κ3) is 3.07. The van der Waals surface area contributed by atoms with Crippen molar-refractivity contribution in [3.05, 3.63) is 45.8 Å². The van der Waals surface area contributed by atoms with Gasteiger partial charge in [-0.3, -0.25) is 0 Å². The first-order valence-corrected chi connectivity index (χ1v) is 6.66. The third-order valence-electron chi connectivity index (χ3n) is 2.59. The van der Waals surface area contributed by atoms with Crippen molar-refractivity contribution in [3.63, 3.8) is 0 Å². The van der Waals surface area contributed by atoms with Crippen LogP contribution in [0.3, 0.4) is 0 Å². The molecule has 0 saturated heterocycles. The van der Waals surface area contributed by atoms with E-state index in [0.717, 1.165) is 33.7 Å². The van der Waals surface area contributed by atoms with Crippen LogP contribution in [0.15, 0.2) is 28.7 Å². The summed E-state index contributed by atoms with van der Waals surface area (Å²) in [7, 11) is 0. The lowest BCUT2D eigenvalue weighted by Crippen LogP contribution is -1.98. The van der Waals surface area contributed by atoms with Gasteiger partial charge in [0.25, 0.3) is 0 Å². The number of hydrogen-bond donors (Lipinski definition) is 0. The van der Waals surface area contributed by atoms with Gasteiger partial charge in [-0.15, -0.1) is 0 Å². The molecular formula is C14H15BrN2O. The van der Waals surface area contributed by atoms with Gasteiger partial charge in [0.05, 0.1) is 0 Å². The van der Waals surface area contributed by atoms with Gasteiger partial charge in [-0.2, -0.15) is 4.98 Å². The van der Waals surface area contributed by atoms with E-state index in [-0.39, 0.29) is 0 Å². The lowest BCUT2D eigenvalue weighted by Gasteiger charge is -2.09. The number of nitrogens with zero attached hydrogens (tertiary/aromatic N) is 2. The summed E-state index contributed by atoms with van der Waals surface area (Å²) in [5, 5.41) is 0. The Kier molecular flexibility index (Phi) is 3.97. The Balaban J connectivity index is 2.33. The van der Waals surface area contributed by atoms with Gasteiger partial charge in [-0.25, -0.2) is 4.98 Å². The van der Waals surface area contributed by atoms with E-state index in [4.69, 9.17) is 4.74 Å². The van der Waals surface area contributed by atoms with Crippen molar-refractivity contribution in [2.24, 2.45) is 0 Å². The van der Waals surface area contributed by atoms with Crippen LogP contribution in [0.4, 0.5) is 0 Å². The first kappa shape index (κ1) is 13.0. The summed E-state index contributed by atoms with van der Waals surface area (Å²) in [4.78, 5) is 8.63. The van der Waals surface area contributed by atoms with Gasteiger partial charge in [0.15, 0.2) is 0 Å². The number of hydrogen-bond acceptors (Lipinski definition) is 3. The molecule has 18 heavy (non-hydrogen) atoms. The zero-order valence-corrected chi connectivity index (χ0v) is 12.3. The molecule has 4 heteroatoms. The van der Waals surface area contributed by atoms with Gasteiger partial charge in [0.1, 0.15) is 11.6 Å². The number of benzene rings is 1. The van der Waals surface area contributed by atoms with Crippen molar-refractivity contribution < 1.29 is 4.74 Å². The van der Waals surface area contributed by atoms with Gasteiger partial charge < -0.3 is 4.74 Å². The van der Waals surface area contributed by atoms with Crippen LogP contribution in [-0.4, -0.2) is 9.97 Å². The van der Waals surface area contributed by atoms with Crippen molar-refractivity contribution in [2.75, 3.05) is 0 Å². The van der Waals surface area contributed by atoms with E-state index >= 15 is 0 Å². The highest BCUT2D eigenvalue weighted by molar-refractivity contribution is 9.10. The minimum absolute atomic E-state index is 0.598. The number of aryl methyl sites for hydroxylation is 3. The number of aromatic nitrogens is 2. The maximum atomic E-state index is 5.83. The second-order valence-corrected chi connectivity index (χ2v) is 5.03. The molecule has 0 spiro atoms. The maximum absolute atomic E-state index is 5.83. The average Bonchev–Trinajstić information content (AvgIpc) is 2.33. The van der Waals surface area contributed by atoms with Gasteiger partial charge >= 0.3 is 0 Å². The van der Waals surface area contributed by atoms with Gasteiger partial charge in [0.2, 0.25) is 5.88 Å². The number of ether oxygens (including phenoxy) is 1. The summed E-state index contributed by atoms with van der Waals surface area (Å²) >= 11 is 3.44. The summed E-state index contributed by atoms with van der Waals surface area (Å²) in [6, 6.07) is 7.82. The van der Waals surface area contributed by atoms with E-state index in [0.29, 0.717) is 5.88 Å². The highest BCUT2D eigenvalue weighted by Crippen LogP contribution is 2.27. The molecule has 1 aromatic heterocycles. The van der Waals surface area contributed by atoms with Crippen molar-refractivity contribution in [1.29, 1.82) is 0 Å². The largest absolute Gasteiger partial charge is 0.439 e. The normalized spacial score (nSPS) is 10.4. The lowest BCUT2D eigenvalue weighted by atomic mass is 10.2. The average molecular weight is 307 g/mol. The summed E-state index contributed by atoms with van der Waals surface area (Å²) in [5.74, 6) is 2.14.